The minimum atomic E-state index is -3.46. The number of ether oxygens (including phenoxy) is 1. The van der Waals surface area contributed by atoms with Crippen molar-refractivity contribution >= 4 is 39.3 Å². The smallest absolute Gasteiger partial charge is 0.405 e. The number of rotatable bonds is 11. The van der Waals surface area contributed by atoms with Crippen LogP contribution in [-0.4, -0.2) is 42.1 Å². The Morgan fingerprint density at radius 2 is 1.97 bits per heavy atom. The molecule has 0 bridgehead atoms. The van der Waals surface area contributed by atoms with Gasteiger partial charge in [0, 0.05) is 25.1 Å². The number of anilines is 1. The molecule has 1 aromatic carbocycles. The summed E-state index contributed by atoms with van der Waals surface area (Å²) in [4.78, 5) is 24.4. The van der Waals surface area contributed by atoms with E-state index < -0.39 is 27.4 Å². The van der Waals surface area contributed by atoms with E-state index in [1.165, 1.54) is 6.07 Å². The number of hydrogen-bond donors (Lipinski definition) is 2. The molecule has 0 spiro atoms. The molecule has 9 nitrogen and oxygen atoms in total. The topological polar surface area (TPSA) is 133 Å². The summed E-state index contributed by atoms with van der Waals surface area (Å²) in [6.07, 6.45) is 8.50. The van der Waals surface area contributed by atoms with Crippen molar-refractivity contribution in [2.24, 2.45) is 11.7 Å². The zero-order chi connectivity index (χ0) is 26.5. The van der Waals surface area contributed by atoms with Gasteiger partial charge in [-0.25, -0.2) is 13.2 Å². The van der Waals surface area contributed by atoms with Crippen molar-refractivity contribution in [2.45, 2.75) is 81.8 Å². The number of nitrogens with two attached hydrogens (primary N) is 1. The summed E-state index contributed by atoms with van der Waals surface area (Å²) in [5, 5.41) is 7.48. The maximum absolute atomic E-state index is 13.4. The molecule has 1 unspecified atom stereocenters. The fourth-order valence-electron chi connectivity index (χ4n) is 4.76. The molecule has 0 aliphatic heterocycles. The van der Waals surface area contributed by atoms with Gasteiger partial charge in [0.15, 0.2) is 15.7 Å². The fraction of sp³-hybridized carbons (Fsp3) is 0.560. The maximum atomic E-state index is 13.4. The summed E-state index contributed by atoms with van der Waals surface area (Å²) in [5.41, 5.74) is 5.13. The van der Waals surface area contributed by atoms with Crippen LogP contribution in [0.25, 0.3) is 0 Å². The summed E-state index contributed by atoms with van der Waals surface area (Å²) >= 11 is 6.29. The van der Waals surface area contributed by atoms with Crippen LogP contribution in [0.4, 0.5) is 10.6 Å². The molecule has 1 atom stereocenters. The lowest BCUT2D eigenvalue weighted by Gasteiger charge is -2.23. The van der Waals surface area contributed by atoms with Crippen LogP contribution in [0.2, 0.25) is 5.02 Å². The van der Waals surface area contributed by atoms with E-state index in [2.05, 4.69) is 10.4 Å². The Bertz CT molecular complexity index is 1190. The Morgan fingerprint density at radius 3 is 2.58 bits per heavy atom. The van der Waals surface area contributed by atoms with Crippen LogP contribution in [0.1, 0.15) is 70.3 Å². The number of amides is 2. The average molecular weight is 539 g/mol. The third-order valence-electron chi connectivity index (χ3n) is 6.55. The molecule has 1 aliphatic carbocycles. The first-order valence-electron chi connectivity index (χ1n) is 12.2. The molecular formula is C25H35ClN4O5S. The van der Waals surface area contributed by atoms with Crippen LogP contribution in [0.5, 0.6) is 0 Å². The number of benzene rings is 1. The van der Waals surface area contributed by atoms with Gasteiger partial charge in [0.2, 0.25) is 5.91 Å². The molecule has 36 heavy (non-hydrogen) atoms. The first-order valence-corrected chi connectivity index (χ1v) is 14.4. The molecule has 1 fully saturated rings. The Hall–Kier alpha value is -2.59. The zero-order valence-corrected chi connectivity index (χ0v) is 22.6. The third kappa shape index (κ3) is 7.96. The fourth-order valence-corrected chi connectivity index (χ4v) is 6.10. The highest BCUT2D eigenvalue weighted by Crippen LogP contribution is 2.36. The normalized spacial score (nSPS) is 15.6. The number of primary amides is 1. The van der Waals surface area contributed by atoms with Crippen LogP contribution in [0.3, 0.4) is 0 Å². The summed E-state index contributed by atoms with van der Waals surface area (Å²) < 4.78 is 30.8. The molecule has 3 rings (SSSR count). The first-order chi connectivity index (χ1) is 16.8. The molecule has 1 heterocycles. The van der Waals surface area contributed by atoms with Gasteiger partial charge in [-0.15, -0.1) is 0 Å². The van der Waals surface area contributed by atoms with E-state index >= 15 is 0 Å². The lowest BCUT2D eigenvalue weighted by molar-refractivity contribution is -0.118. The van der Waals surface area contributed by atoms with Gasteiger partial charge in [0.1, 0.15) is 5.60 Å². The Labute approximate surface area is 217 Å². The standard InChI is InChI=1S/C25H35ClN4O5S/c1-25(2,35-24(27)32)12-6-13-30-14-11-22(29-30)28-23(31)19(15-17-7-4-5-8-17)18-9-10-21(20(26)16-18)36(3,33)34/h9-11,14,16-17,19H,4-8,12-13,15H2,1-3H3,(H2,27,32)(H,28,29,31). The van der Waals surface area contributed by atoms with Crippen molar-refractivity contribution < 1.29 is 22.7 Å². The summed E-state index contributed by atoms with van der Waals surface area (Å²) in [5.74, 6) is 0.183. The van der Waals surface area contributed by atoms with E-state index in [1.54, 1.807) is 42.9 Å². The van der Waals surface area contributed by atoms with Gasteiger partial charge in [-0.3, -0.25) is 9.48 Å². The molecule has 0 radical (unpaired) electrons. The number of nitrogens with zero attached hydrogens (tertiary/aromatic N) is 2. The highest BCUT2D eigenvalue weighted by Gasteiger charge is 2.28. The molecule has 1 aromatic heterocycles. The second-order valence-corrected chi connectivity index (χ2v) is 12.5. The minimum absolute atomic E-state index is 0.0519. The number of nitrogens with one attached hydrogen (secondary N) is 1. The molecular weight excluding hydrogens is 504 g/mol. The van der Waals surface area contributed by atoms with E-state index in [-0.39, 0.29) is 15.8 Å². The van der Waals surface area contributed by atoms with Crippen LogP contribution < -0.4 is 11.1 Å². The minimum Gasteiger partial charge on any atom is -0.444 e. The molecule has 1 saturated carbocycles. The number of carbonyl (C=O) groups is 2. The largest absolute Gasteiger partial charge is 0.444 e. The maximum Gasteiger partial charge on any atom is 0.405 e. The van der Waals surface area contributed by atoms with Crippen molar-refractivity contribution in [2.75, 3.05) is 11.6 Å². The number of carbonyl (C=O) groups excluding carboxylic acids is 2. The number of sulfone groups is 1. The lowest BCUT2D eigenvalue weighted by atomic mass is 9.87. The second kappa shape index (κ2) is 11.6. The van der Waals surface area contributed by atoms with E-state index in [4.69, 9.17) is 22.1 Å². The monoisotopic (exact) mass is 538 g/mol. The lowest BCUT2D eigenvalue weighted by Crippen LogP contribution is -2.31. The van der Waals surface area contributed by atoms with Gasteiger partial charge in [-0.05, 0) is 56.7 Å². The molecule has 2 amide bonds. The molecule has 0 saturated heterocycles. The Kier molecular flexibility index (Phi) is 9.05. The number of hydrogen-bond acceptors (Lipinski definition) is 6. The van der Waals surface area contributed by atoms with E-state index in [0.717, 1.165) is 31.9 Å². The van der Waals surface area contributed by atoms with E-state index in [1.807, 2.05) is 0 Å². The molecule has 11 heteroatoms. The van der Waals surface area contributed by atoms with Crippen molar-refractivity contribution in [1.29, 1.82) is 0 Å². The van der Waals surface area contributed by atoms with Crippen molar-refractivity contribution in [3.05, 3.63) is 41.0 Å². The molecule has 1 aliphatic rings. The number of halogens is 1. The summed E-state index contributed by atoms with van der Waals surface area (Å²) in [7, 11) is -3.46. The van der Waals surface area contributed by atoms with Crippen molar-refractivity contribution in [3.63, 3.8) is 0 Å². The van der Waals surface area contributed by atoms with Crippen LogP contribution in [0, 0.1) is 5.92 Å². The van der Waals surface area contributed by atoms with E-state index in [0.29, 0.717) is 43.1 Å². The molecule has 2 aromatic rings. The summed E-state index contributed by atoms with van der Waals surface area (Å²) in [6.45, 7) is 4.17. The quantitative estimate of drug-likeness (QED) is 0.418. The highest BCUT2D eigenvalue weighted by atomic mass is 35.5. The van der Waals surface area contributed by atoms with Crippen molar-refractivity contribution in [3.8, 4) is 0 Å². The number of aromatic nitrogens is 2. The van der Waals surface area contributed by atoms with Gasteiger partial charge >= 0.3 is 6.09 Å². The van der Waals surface area contributed by atoms with Crippen LogP contribution in [0.15, 0.2) is 35.4 Å². The van der Waals surface area contributed by atoms with E-state index in [9.17, 15) is 18.0 Å². The first kappa shape index (κ1) is 28.0. The van der Waals surface area contributed by atoms with Gasteiger partial charge in [-0.2, -0.15) is 5.10 Å². The molecule has 3 N–H and O–H groups in total. The van der Waals surface area contributed by atoms with Gasteiger partial charge in [0.25, 0.3) is 0 Å². The SMILES string of the molecule is CC(C)(CCCn1ccc(NC(=O)C(CC2CCCC2)c2ccc(S(C)(=O)=O)c(Cl)c2)n1)OC(N)=O. The zero-order valence-electron chi connectivity index (χ0n) is 21.0. The van der Waals surface area contributed by atoms with Gasteiger partial charge in [-0.1, -0.05) is 43.4 Å². The van der Waals surface area contributed by atoms with Crippen LogP contribution >= 0.6 is 11.6 Å². The summed E-state index contributed by atoms with van der Waals surface area (Å²) in [6, 6.07) is 6.47. The van der Waals surface area contributed by atoms with Crippen molar-refractivity contribution in [1.82, 2.24) is 9.78 Å². The highest BCUT2D eigenvalue weighted by molar-refractivity contribution is 7.90. The Morgan fingerprint density at radius 1 is 1.28 bits per heavy atom. The van der Waals surface area contributed by atoms with Crippen LogP contribution in [-0.2, 0) is 25.9 Å². The third-order valence-corrected chi connectivity index (χ3v) is 8.13. The predicted molar refractivity (Wildman–Crippen MR) is 139 cm³/mol. The number of aryl methyl sites for hydroxylation is 1. The molecule has 198 valence electrons. The average Bonchev–Trinajstić information content (AvgIpc) is 3.42. The Balaban J connectivity index is 1.69. The predicted octanol–water partition coefficient (Wildman–Crippen LogP) is 4.90. The van der Waals surface area contributed by atoms with Gasteiger partial charge < -0.3 is 15.8 Å². The van der Waals surface area contributed by atoms with Gasteiger partial charge in [0.05, 0.1) is 15.8 Å². The second-order valence-electron chi connectivity index (χ2n) is 10.1.